The summed E-state index contributed by atoms with van der Waals surface area (Å²) in [6, 6.07) is 14.8. The molecule has 2 aromatic carbocycles. The molecule has 4 N–H and O–H groups in total. The minimum atomic E-state index is -0.637. The van der Waals surface area contributed by atoms with E-state index in [0.717, 1.165) is 30.5 Å². The zero-order valence-corrected chi connectivity index (χ0v) is 17.0. The Bertz CT molecular complexity index is 955. The molecule has 0 spiro atoms. The Kier molecular flexibility index (Phi) is 7.78. The van der Waals surface area contributed by atoms with Crippen molar-refractivity contribution in [2.24, 2.45) is 0 Å². The van der Waals surface area contributed by atoms with Crippen LogP contribution in [0.25, 0.3) is 11.0 Å². The number of anilines is 1. The average Bonchev–Trinajstić information content (AvgIpc) is 3.10. The standard InChI is InChI=1S/C22H28N4O4/c1-16(28)24-17-7-9-19(10-8-17)30-15-18(29)13-23-11-4-12-26-21-6-3-2-5-20(21)25-22(26)14-27/h2-3,5-10,18,23,27,29H,4,11-15H2,1H3,(H,24,28). The first-order valence-corrected chi connectivity index (χ1v) is 10.0. The van der Waals surface area contributed by atoms with Gasteiger partial charge in [-0.15, -0.1) is 0 Å². The van der Waals surface area contributed by atoms with Gasteiger partial charge < -0.3 is 30.2 Å². The molecule has 1 amide bonds. The highest BCUT2D eigenvalue weighted by Crippen LogP contribution is 2.17. The number of carbonyl (C=O) groups is 1. The monoisotopic (exact) mass is 412 g/mol. The average molecular weight is 412 g/mol. The molecule has 3 aromatic rings. The van der Waals surface area contributed by atoms with Crippen LogP contribution in [0.15, 0.2) is 48.5 Å². The van der Waals surface area contributed by atoms with E-state index in [0.29, 0.717) is 23.8 Å². The number of aliphatic hydroxyl groups is 2. The summed E-state index contributed by atoms with van der Waals surface area (Å²) in [6.45, 7) is 3.41. The van der Waals surface area contributed by atoms with Crippen LogP contribution < -0.4 is 15.4 Å². The quantitative estimate of drug-likeness (QED) is 0.358. The van der Waals surface area contributed by atoms with Crippen LogP contribution in [0, 0.1) is 0 Å². The third-order valence-corrected chi connectivity index (χ3v) is 4.61. The second kappa shape index (κ2) is 10.7. The molecule has 0 saturated carbocycles. The van der Waals surface area contributed by atoms with Crippen molar-refractivity contribution in [3.05, 3.63) is 54.4 Å². The van der Waals surface area contributed by atoms with Gasteiger partial charge in [0.05, 0.1) is 11.0 Å². The third kappa shape index (κ3) is 6.03. The molecule has 0 radical (unpaired) electrons. The van der Waals surface area contributed by atoms with Crippen LogP contribution >= 0.6 is 0 Å². The number of hydrogen-bond acceptors (Lipinski definition) is 6. The van der Waals surface area contributed by atoms with Gasteiger partial charge >= 0.3 is 0 Å². The van der Waals surface area contributed by atoms with E-state index in [1.54, 1.807) is 24.3 Å². The van der Waals surface area contributed by atoms with Crippen molar-refractivity contribution in [2.75, 3.05) is 25.0 Å². The van der Waals surface area contributed by atoms with E-state index in [9.17, 15) is 15.0 Å². The zero-order valence-electron chi connectivity index (χ0n) is 17.0. The van der Waals surface area contributed by atoms with Crippen molar-refractivity contribution in [2.45, 2.75) is 32.6 Å². The number of nitrogens with one attached hydrogen (secondary N) is 2. The molecule has 8 heteroatoms. The Morgan fingerprint density at radius 3 is 2.70 bits per heavy atom. The minimum Gasteiger partial charge on any atom is -0.491 e. The van der Waals surface area contributed by atoms with Gasteiger partial charge in [0.2, 0.25) is 5.91 Å². The van der Waals surface area contributed by atoms with Crippen molar-refractivity contribution in [1.29, 1.82) is 0 Å². The Morgan fingerprint density at radius 1 is 1.20 bits per heavy atom. The van der Waals surface area contributed by atoms with Crippen LogP contribution in [0.1, 0.15) is 19.2 Å². The molecule has 1 aromatic heterocycles. The van der Waals surface area contributed by atoms with Crippen LogP contribution in [0.2, 0.25) is 0 Å². The number of aromatic nitrogens is 2. The highest BCUT2D eigenvalue weighted by Gasteiger charge is 2.09. The van der Waals surface area contributed by atoms with Gasteiger partial charge in [-0.2, -0.15) is 0 Å². The summed E-state index contributed by atoms with van der Waals surface area (Å²) in [5.41, 5.74) is 2.60. The summed E-state index contributed by atoms with van der Waals surface area (Å²) in [7, 11) is 0. The van der Waals surface area contributed by atoms with Crippen LogP contribution in [-0.2, 0) is 17.9 Å². The van der Waals surface area contributed by atoms with Crippen LogP contribution in [0.4, 0.5) is 5.69 Å². The first kappa shape index (κ1) is 21.8. The predicted molar refractivity (Wildman–Crippen MR) is 115 cm³/mol. The maximum absolute atomic E-state index is 11.0. The zero-order chi connectivity index (χ0) is 21.3. The third-order valence-electron chi connectivity index (χ3n) is 4.61. The number of para-hydroxylation sites is 2. The second-order valence-corrected chi connectivity index (χ2v) is 7.05. The molecule has 0 saturated heterocycles. The summed E-state index contributed by atoms with van der Waals surface area (Å²) < 4.78 is 7.61. The minimum absolute atomic E-state index is 0.0933. The molecule has 8 nitrogen and oxygen atoms in total. The summed E-state index contributed by atoms with van der Waals surface area (Å²) in [5, 5.41) is 25.6. The van der Waals surface area contributed by atoms with Gasteiger partial charge in [-0.3, -0.25) is 4.79 Å². The lowest BCUT2D eigenvalue weighted by atomic mass is 10.3. The Balaban J connectivity index is 1.36. The lowest BCUT2D eigenvalue weighted by Gasteiger charge is -2.14. The Morgan fingerprint density at radius 2 is 1.97 bits per heavy atom. The number of rotatable bonds is 11. The highest BCUT2D eigenvalue weighted by molar-refractivity contribution is 5.88. The number of amides is 1. The van der Waals surface area contributed by atoms with Gasteiger partial charge in [-0.1, -0.05) is 12.1 Å². The van der Waals surface area contributed by atoms with Crippen molar-refractivity contribution in [3.63, 3.8) is 0 Å². The van der Waals surface area contributed by atoms with Gasteiger partial charge in [0.25, 0.3) is 0 Å². The molecule has 0 fully saturated rings. The van der Waals surface area contributed by atoms with E-state index in [4.69, 9.17) is 4.74 Å². The molecule has 1 unspecified atom stereocenters. The number of hydrogen-bond donors (Lipinski definition) is 4. The number of imidazole rings is 1. The van der Waals surface area contributed by atoms with Gasteiger partial charge in [0.15, 0.2) is 0 Å². The molecular weight excluding hydrogens is 384 g/mol. The number of ether oxygens (including phenoxy) is 1. The number of nitrogens with zero attached hydrogens (tertiary/aromatic N) is 2. The van der Waals surface area contributed by atoms with E-state index in [1.807, 2.05) is 28.8 Å². The summed E-state index contributed by atoms with van der Waals surface area (Å²) >= 11 is 0. The van der Waals surface area contributed by atoms with E-state index < -0.39 is 6.10 Å². The van der Waals surface area contributed by atoms with E-state index in [2.05, 4.69) is 15.6 Å². The molecule has 0 aliphatic carbocycles. The number of aryl methyl sites for hydroxylation is 1. The molecular formula is C22H28N4O4. The molecule has 30 heavy (non-hydrogen) atoms. The first-order chi connectivity index (χ1) is 14.6. The van der Waals surface area contributed by atoms with Crippen molar-refractivity contribution in [1.82, 2.24) is 14.9 Å². The molecule has 0 aliphatic rings. The van der Waals surface area contributed by atoms with Crippen molar-refractivity contribution >= 4 is 22.6 Å². The fraction of sp³-hybridized carbons (Fsp3) is 0.364. The van der Waals surface area contributed by atoms with E-state index in [-0.39, 0.29) is 19.1 Å². The number of carbonyl (C=O) groups excluding carboxylic acids is 1. The fourth-order valence-corrected chi connectivity index (χ4v) is 3.22. The topological polar surface area (TPSA) is 109 Å². The van der Waals surface area contributed by atoms with Gasteiger partial charge in [0, 0.05) is 25.7 Å². The highest BCUT2D eigenvalue weighted by atomic mass is 16.5. The van der Waals surface area contributed by atoms with E-state index in [1.165, 1.54) is 6.92 Å². The Labute approximate surface area is 175 Å². The maximum Gasteiger partial charge on any atom is 0.221 e. The van der Waals surface area contributed by atoms with Crippen LogP contribution in [0.3, 0.4) is 0 Å². The molecule has 1 atom stereocenters. The van der Waals surface area contributed by atoms with Crippen molar-refractivity contribution < 1.29 is 19.7 Å². The largest absolute Gasteiger partial charge is 0.491 e. The summed E-state index contributed by atoms with van der Waals surface area (Å²) in [5.74, 6) is 1.17. The molecule has 0 bridgehead atoms. The normalized spacial score (nSPS) is 12.1. The Hall–Kier alpha value is -2.94. The fourth-order valence-electron chi connectivity index (χ4n) is 3.22. The molecule has 3 rings (SSSR count). The lowest BCUT2D eigenvalue weighted by molar-refractivity contribution is -0.114. The van der Waals surface area contributed by atoms with Gasteiger partial charge in [-0.25, -0.2) is 4.98 Å². The lowest BCUT2D eigenvalue weighted by Crippen LogP contribution is -2.32. The van der Waals surface area contributed by atoms with Crippen LogP contribution in [0.5, 0.6) is 5.75 Å². The number of benzene rings is 2. The predicted octanol–water partition coefficient (Wildman–Crippen LogP) is 1.91. The number of aliphatic hydroxyl groups excluding tert-OH is 2. The summed E-state index contributed by atoms with van der Waals surface area (Å²) in [6.07, 6.45) is 0.202. The summed E-state index contributed by atoms with van der Waals surface area (Å²) in [4.78, 5) is 15.5. The second-order valence-electron chi connectivity index (χ2n) is 7.05. The first-order valence-electron chi connectivity index (χ1n) is 10.0. The number of fused-ring (bicyclic) bond motifs is 1. The van der Waals surface area contributed by atoms with Crippen LogP contribution in [-0.4, -0.2) is 51.5 Å². The van der Waals surface area contributed by atoms with Gasteiger partial charge in [0.1, 0.15) is 30.9 Å². The van der Waals surface area contributed by atoms with Gasteiger partial charge in [-0.05, 0) is 49.4 Å². The van der Waals surface area contributed by atoms with Crippen molar-refractivity contribution in [3.8, 4) is 5.75 Å². The molecule has 160 valence electrons. The molecule has 1 heterocycles. The SMILES string of the molecule is CC(=O)Nc1ccc(OCC(O)CNCCCn2c(CO)nc3ccccc32)cc1. The molecule has 0 aliphatic heterocycles. The van der Waals surface area contributed by atoms with E-state index >= 15 is 0 Å². The maximum atomic E-state index is 11.0. The smallest absolute Gasteiger partial charge is 0.221 e.